The van der Waals surface area contributed by atoms with E-state index in [-0.39, 0.29) is 0 Å². The standard InChI is InChI=1S/C6H9N3.C2HF3O/c7-9-5-6-3-1-2-4-8-6;3-2(4,5)1-6/h1-4,9H,5,7H2;1H. The zero-order valence-electron chi connectivity index (χ0n) is 7.66. The van der Waals surface area contributed by atoms with Crippen molar-refractivity contribution in [1.82, 2.24) is 10.4 Å². The first-order chi connectivity index (χ1) is 6.99. The molecule has 1 aromatic heterocycles. The zero-order valence-corrected chi connectivity index (χ0v) is 7.66. The smallest absolute Gasteiger partial charge is 0.293 e. The molecule has 15 heavy (non-hydrogen) atoms. The van der Waals surface area contributed by atoms with Gasteiger partial charge in [0.05, 0.1) is 12.2 Å². The molecule has 84 valence electrons. The lowest BCUT2D eigenvalue weighted by molar-refractivity contribution is -0.156. The maximum Gasteiger partial charge on any atom is 0.446 e. The number of nitrogens with one attached hydrogen (secondary N) is 1. The Morgan fingerprint density at radius 3 is 2.40 bits per heavy atom. The summed E-state index contributed by atoms with van der Waals surface area (Å²) in [6, 6.07) is 5.72. The Morgan fingerprint density at radius 1 is 1.47 bits per heavy atom. The minimum atomic E-state index is -4.64. The number of halogens is 3. The Balaban J connectivity index is 0.000000288. The van der Waals surface area contributed by atoms with Crippen molar-refractivity contribution in [2.45, 2.75) is 12.7 Å². The van der Waals surface area contributed by atoms with Crippen LogP contribution in [0.1, 0.15) is 5.69 Å². The number of aromatic nitrogens is 1. The number of alkyl halides is 3. The van der Waals surface area contributed by atoms with Gasteiger partial charge in [-0.15, -0.1) is 0 Å². The second kappa shape index (κ2) is 6.91. The molecular weight excluding hydrogens is 211 g/mol. The van der Waals surface area contributed by atoms with E-state index in [1.165, 1.54) is 0 Å². The number of rotatable bonds is 2. The van der Waals surface area contributed by atoms with Gasteiger partial charge < -0.3 is 0 Å². The van der Waals surface area contributed by atoms with E-state index in [1.807, 2.05) is 18.2 Å². The molecule has 0 saturated heterocycles. The number of nitrogens with zero attached hydrogens (tertiary/aromatic N) is 1. The fraction of sp³-hybridized carbons (Fsp3) is 0.250. The molecule has 0 fully saturated rings. The summed E-state index contributed by atoms with van der Waals surface area (Å²) < 4.78 is 31.2. The summed E-state index contributed by atoms with van der Waals surface area (Å²) >= 11 is 0. The first-order valence-corrected chi connectivity index (χ1v) is 3.86. The van der Waals surface area contributed by atoms with Crippen molar-refractivity contribution in [3.63, 3.8) is 0 Å². The van der Waals surface area contributed by atoms with Gasteiger partial charge in [0.15, 0.2) is 0 Å². The number of nitrogens with two attached hydrogens (primary N) is 1. The SMILES string of the molecule is NNCc1ccccn1.O=CC(F)(F)F. The third-order valence-corrected chi connectivity index (χ3v) is 1.14. The van der Waals surface area contributed by atoms with E-state index in [2.05, 4.69) is 10.4 Å². The van der Waals surface area contributed by atoms with Crippen LogP contribution in [0.25, 0.3) is 0 Å². The van der Waals surface area contributed by atoms with Crippen molar-refractivity contribution < 1.29 is 18.0 Å². The predicted octanol–water partition coefficient (Wildman–Crippen LogP) is 0.792. The number of aldehydes is 1. The van der Waals surface area contributed by atoms with Gasteiger partial charge >= 0.3 is 6.18 Å². The van der Waals surface area contributed by atoms with Crippen molar-refractivity contribution in [3.8, 4) is 0 Å². The van der Waals surface area contributed by atoms with Crippen molar-refractivity contribution >= 4 is 6.29 Å². The Hall–Kier alpha value is -1.47. The molecule has 1 aromatic rings. The number of pyridine rings is 1. The van der Waals surface area contributed by atoms with Crippen LogP contribution < -0.4 is 11.3 Å². The van der Waals surface area contributed by atoms with Gasteiger partial charge in [-0.25, -0.2) is 0 Å². The van der Waals surface area contributed by atoms with Gasteiger partial charge in [0.2, 0.25) is 6.29 Å². The van der Waals surface area contributed by atoms with Crippen molar-refractivity contribution in [2.75, 3.05) is 0 Å². The third kappa shape index (κ3) is 8.85. The molecule has 4 nitrogen and oxygen atoms in total. The number of hydrogen-bond donors (Lipinski definition) is 2. The van der Waals surface area contributed by atoms with Gasteiger partial charge in [-0.3, -0.25) is 21.0 Å². The second-order valence-electron chi connectivity index (χ2n) is 2.36. The van der Waals surface area contributed by atoms with Gasteiger partial charge in [0, 0.05) is 6.20 Å². The molecular formula is C8H10F3N3O. The van der Waals surface area contributed by atoms with Crippen molar-refractivity contribution in [1.29, 1.82) is 0 Å². The van der Waals surface area contributed by atoms with E-state index in [9.17, 15) is 13.2 Å². The second-order valence-corrected chi connectivity index (χ2v) is 2.36. The van der Waals surface area contributed by atoms with Crippen LogP contribution in [0.4, 0.5) is 13.2 Å². The summed E-state index contributed by atoms with van der Waals surface area (Å²) in [6.45, 7) is 0.626. The molecule has 0 radical (unpaired) electrons. The number of hydrogen-bond acceptors (Lipinski definition) is 4. The average Bonchev–Trinajstić information content (AvgIpc) is 2.20. The normalized spacial score (nSPS) is 10.1. The first kappa shape index (κ1) is 13.5. The molecule has 1 heterocycles. The molecule has 7 heteroatoms. The highest BCUT2D eigenvalue weighted by molar-refractivity contribution is 5.56. The minimum absolute atomic E-state index is 0.626. The monoisotopic (exact) mass is 221 g/mol. The minimum Gasteiger partial charge on any atom is -0.293 e. The molecule has 0 aliphatic carbocycles. The van der Waals surface area contributed by atoms with E-state index in [4.69, 9.17) is 10.6 Å². The highest BCUT2D eigenvalue weighted by Gasteiger charge is 2.24. The highest BCUT2D eigenvalue weighted by atomic mass is 19.4. The molecule has 0 spiro atoms. The van der Waals surface area contributed by atoms with Crippen LogP contribution in [0.3, 0.4) is 0 Å². The topological polar surface area (TPSA) is 68.0 Å². The van der Waals surface area contributed by atoms with Gasteiger partial charge in [-0.05, 0) is 12.1 Å². The van der Waals surface area contributed by atoms with E-state index in [0.717, 1.165) is 5.69 Å². The van der Waals surface area contributed by atoms with E-state index in [0.29, 0.717) is 6.54 Å². The van der Waals surface area contributed by atoms with Crippen molar-refractivity contribution in [2.24, 2.45) is 5.84 Å². The molecule has 0 aliphatic rings. The lowest BCUT2D eigenvalue weighted by Gasteiger charge is -1.94. The lowest BCUT2D eigenvalue weighted by atomic mass is 10.4. The summed E-state index contributed by atoms with van der Waals surface area (Å²) in [5, 5.41) is 0. The molecule has 0 saturated carbocycles. The summed E-state index contributed by atoms with van der Waals surface area (Å²) in [6.07, 6.45) is -3.96. The molecule has 3 N–H and O–H groups in total. The summed E-state index contributed by atoms with van der Waals surface area (Å²) in [4.78, 5) is 12.7. The van der Waals surface area contributed by atoms with Crippen molar-refractivity contribution in [3.05, 3.63) is 30.1 Å². The highest BCUT2D eigenvalue weighted by Crippen LogP contribution is 2.08. The summed E-state index contributed by atoms with van der Waals surface area (Å²) in [7, 11) is 0. The maximum absolute atomic E-state index is 10.4. The summed E-state index contributed by atoms with van der Waals surface area (Å²) in [5.74, 6) is 5.07. The Labute approximate surface area is 84.3 Å². The van der Waals surface area contributed by atoms with E-state index < -0.39 is 12.5 Å². The molecule has 1 rings (SSSR count). The lowest BCUT2D eigenvalue weighted by Crippen LogP contribution is -2.21. The predicted molar refractivity (Wildman–Crippen MR) is 47.4 cm³/mol. The van der Waals surface area contributed by atoms with Crippen LogP contribution >= 0.6 is 0 Å². The zero-order chi connectivity index (χ0) is 11.7. The number of hydrazine groups is 1. The van der Waals surface area contributed by atoms with Gasteiger partial charge in [-0.1, -0.05) is 6.07 Å². The number of carbonyl (C=O) groups excluding carboxylic acids is 1. The van der Waals surface area contributed by atoms with Gasteiger partial charge in [-0.2, -0.15) is 13.2 Å². The van der Waals surface area contributed by atoms with Gasteiger partial charge in [0.1, 0.15) is 0 Å². The number of carbonyl (C=O) groups is 1. The molecule has 0 amide bonds. The Kier molecular flexibility index (Phi) is 6.23. The van der Waals surface area contributed by atoms with Crippen LogP contribution in [-0.2, 0) is 11.3 Å². The molecule has 0 aromatic carbocycles. The first-order valence-electron chi connectivity index (χ1n) is 3.86. The van der Waals surface area contributed by atoms with Crippen LogP contribution in [0.15, 0.2) is 24.4 Å². The Morgan fingerprint density at radius 2 is 2.07 bits per heavy atom. The molecule has 0 aliphatic heterocycles. The van der Waals surface area contributed by atoms with Crippen LogP contribution in [0.2, 0.25) is 0 Å². The fourth-order valence-corrected chi connectivity index (χ4v) is 0.607. The van der Waals surface area contributed by atoms with Crippen LogP contribution in [0, 0.1) is 0 Å². The van der Waals surface area contributed by atoms with E-state index in [1.54, 1.807) is 6.20 Å². The average molecular weight is 221 g/mol. The molecule has 0 bridgehead atoms. The van der Waals surface area contributed by atoms with E-state index >= 15 is 0 Å². The quantitative estimate of drug-likeness (QED) is 0.440. The Bertz CT molecular complexity index is 276. The molecule has 0 atom stereocenters. The fourth-order valence-electron chi connectivity index (χ4n) is 0.607. The molecule has 0 unspecified atom stereocenters. The third-order valence-electron chi connectivity index (χ3n) is 1.14. The van der Waals surface area contributed by atoms with Gasteiger partial charge in [0.25, 0.3) is 0 Å². The van der Waals surface area contributed by atoms with Crippen LogP contribution in [-0.4, -0.2) is 17.4 Å². The largest absolute Gasteiger partial charge is 0.446 e. The maximum atomic E-state index is 10.4. The summed E-state index contributed by atoms with van der Waals surface area (Å²) in [5.41, 5.74) is 3.48. The van der Waals surface area contributed by atoms with Crippen LogP contribution in [0.5, 0.6) is 0 Å².